The molecule has 1 aromatic heterocycles. The van der Waals surface area contributed by atoms with Gasteiger partial charge in [0.15, 0.2) is 6.10 Å². The predicted molar refractivity (Wildman–Crippen MR) is 93.0 cm³/mol. The lowest BCUT2D eigenvalue weighted by atomic mass is 9.97. The zero-order chi connectivity index (χ0) is 16.8. The summed E-state index contributed by atoms with van der Waals surface area (Å²) < 4.78 is 5.21. The minimum atomic E-state index is -0.852. The van der Waals surface area contributed by atoms with Gasteiger partial charge in [-0.25, -0.2) is 4.79 Å². The highest BCUT2D eigenvalue weighted by Gasteiger charge is 2.20. The number of ether oxygens (including phenoxy) is 1. The van der Waals surface area contributed by atoms with Crippen LogP contribution >= 0.6 is 11.3 Å². The maximum atomic E-state index is 12.3. The van der Waals surface area contributed by atoms with Crippen molar-refractivity contribution in [2.24, 2.45) is 0 Å². The molecule has 1 amide bonds. The number of hydrogen-bond acceptors (Lipinski definition) is 4. The fourth-order valence-electron chi connectivity index (χ4n) is 2.16. The van der Waals surface area contributed by atoms with Gasteiger partial charge in [-0.1, -0.05) is 38.1 Å². The topological polar surface area (TPSA) is 55.4 Å². The van der Waals surface area contributed by atoms with Crippen LogP contribution in [-0.2, 0) is 9.53 Å². The second kappa shape index (κ2) is 7.92. The Morgan fingerprint density at radius 3 is 2.57 bits per heavy atom. The first-order chi connectivity index (χ1) is 11.0. The summed E-state index contributed by atoms with van der Waals surface area (Å²) in [5.41, 5.74) is 1.85. The van der Waals surface area contributed by atoms with Gasteiger partial charge in [-0.05, 0) is 42.3 Å². The molecule has 0 radical (unpaired) electrons. The summed E-state index contributed by atoms with van der Waals surface area (Å²) in [5.74, 6) is -0.459. The van der Waals surface area contributed by atoms with Crippen molar-refractivity contribution in [3.8, 4) is 0 Å². The number of hydrogen-bond donors (Lipinski definition) is 1. The van der Waals surface area contributed by atoms with Crippen LogP contribution in [0.25, 0.3) is 0 Å². The van der Waals surface area contributed by atoms with E-state index in [1.54, 1.807) is 24.4 Å². The Balaban J connectivity index is 2.03. The number of rotatable bonds is 6. The van der Waals surface area contributed by atoms with Gasteiger partial charge in [0.25, 0.3) is 5.91 Å². The summed E-state index contributed by atoms with van der Waals surface area (Å²) in [5, 5.41) is 4.66. The molecule has 1 aromatic carbocycles. The molecular formula is C18H21NO3S. The molecule has 122 valence electrons. The summed E-state index contributed by atoms with van der Waals surface area (Å²) >= 11 is 1.29. The highest BCUT2D eigenvalue weighted by Crippen LogP contribution is 2.26. The number of carbonyl (C=O) groups is 2. The molecule has 0 bridgehead atoms. The Morgan fingerprint density at radius 2 is 1.91 bits per heavy atom. The normalized spacial score (nSPS) is 13.2. The van der Waals surface area contributed by atoms with E-state index in [1.165, 1.54) is 11.3 Å². The molecule has 0 aliphatic rings. The Morgan fingerprint density at radius 1 is 1.17 bits per heavy atom. The van der Waals surface area contributed by atoms with Crippen molar-refractivity contribution in [3.63, 3.8) is 0 Å². The average molecular weight is 331 g/mol. The number of amides is 1. The van der Waals surface area contributed by atoms with Gasteiger partial charge in [0.1, 0.15) is 4.88 Å². The number of esters is 1. The minimum absolute atomic E-state index is 0.328. The van der Waals surface area contributed by atoms with E-state index in [4.69, 9.17) is 4.74 Å². The maximum Gasteiger partial charge on any atom is 0.349 e. The first-order valence-corrected chi connectivity index (χ1v) is 8.55. The van der Waals surface area contributed by atoms with Gasteiger partial charge >= 0.3 is 5.97 Å². The summed E-state index contributed by atoms with van der Waals surface area (Å²) in [7, 11) is 0. The van der Waals surface area contributed by atoms with E-state index in [9.17, 15) is 9.59 Å². The van der Waals surface area contributed by atoms with Crippen LogP contribution in [0.2, 0.25) is 0 Å². The predicted octanol–water partition coefficient (Wildman–Crippen LogP) is 4.45. The van der Waals surface area contributed by atoms with Crippen molar-refractivity contribution >= 4 is 28.9 Å². The Bertz CT molecular complexity index is 667. The Labute approximate surface area is 140 Å². The van der Waals surface area contributed by atoms with Gasteiger partial charge in [-0.2, -0.15) is 0 Å². The summed E-state index contributed by atoms with van der Waals surface area (Å²) in [6.07, 6.45) is 0.130. The number of anilines is 1. The third-order valence-corrected chi connectivity index (χ3v) is 4.59. The highest BCUT2D eigenvalue weighted by molar-refractivity contribution is 7.11. The van der Waals surface area contributed by atoms with Crippen molar-refractivity contribution in [3.05, 3.63) is 52.2 Å². The quantitative estimate of drug-likeness (QED) is 0.796. The zero-order valence-electron chi connectivity index (χ0n) is 13.5. The molecule has 0 fully saturated rings. The van der Waals surface area contributed by atoms with Gasteiger partial charge in [-0.15, -0.1) is 11.3 Å². The van der Waals surface area contributed by atoms with Crippen LogP contribution in [0.15, 0.2) is 41.8 Å². The lowest BCUT2D eigenvalue weighted by molar-refractivity contribution is -0.123. The van der Waals surface area contributed by atoms with E-state index in [1.807, 2.05) is 24.3 Å². The zero-order valence-corrected chi connectivity index (χ0v) is 14.4. The van der Waals surface area contributed by atoms with Crippen molar-refractivity contribution in [1.29, 1.82) is 0 Å². The molecule has 2 rings (SSSR count). The van der Waals surface area contributed by atoms with Gasteiger partial charge in [0, 0.05) is 5.69 Å². The van der Waals surface area contributed by atoms with Crippen LogP contribution in [0.5, 0.6) is 0 Å². The second-order valence-electron chi connectivity index (χ2n) is 5.41. The third kappa shape index (κ3) is 4.42. The first kappa shape index (κ1) is 17.2. The number of benzene rings is 1. The van der Waals surface area contributed by atoms with Gasteiger partial charge < -0.3 is 10.1 Å². The summed E-state index contributed by atoms with van der Waals surface area (Å²) in [6, 6.07) is 11.2. The fraction of sp³-hybridized carbons (Fsp3) is 0.333. The molecule has 0 aliphatic carbocycles. The van der Waals surface area contributed by atoms with Crippen LogP contribution < -0.4 is 5.32 Å². The monoisotopic (exact) mass is 331 g/mol. The third-order valence-electron chi connectivity index (χ3n) is 3.74. The van der Waals surface area contributed by atoms with E-state index >= 15 is 0 Å². The molecular weight excluding hydrogens is 310 g/mol. The molecule has 0 spiro atoms. The van der Waals surface area contributed by atoms with Crippen LogP contribution in [0.4, 0.5) is 5.69 Å². The fourth-order valence-corrected chi connectivity index (χ4v) is 2.77. The summed E-state index contributed by atoms with van der Waals surface area (Å²) in [6.45, 7) is 5.80. The van der Waals surface area contributed by atoms with Crippen LogP contribution in [0, 0.1) is 0 Å². The molecule has 0 unspecified atom stereocenters. The van der Waals surface area contributed by atoms with Crippen molar-refractivity contribution in [2.45, 2.75) is 39.2 Å². The lowest BCUT2D eigenvalue weighted by Gasteiger charge is -2.18. The Kier molecular flexibility index (Phi) is 5.93. The smallest absolute Gasteiger partial charge is 0.349 e. The second-order valence-corrected chi connectivity index (χ2v) is 6.36. The molecule has 0 aliphatic heterocycles. The van der Waals surface area contributed by atoms with Gasteiger partial charge in [0.05, 0.1) is 0 Å². The number of nitrogens with one attached hydrogen (secondary N) is 1. The SMILES string of the molecule is CC[C@H](C)c1ccccc1NC(=O)[C@H](C)OC(=O)c1cccs1. The van der Waals surface area contributed by atoms with E-state index in [2.05, 4.69) is 19.2 Å². The van der Waals surface area contributed by atoms with Crippen molar-refractivity contribution in [2.75, 3.05) is 5.32 Å². The minimum Gasteiger partial charge on any atom is -0.448 e. The number of carbonyl (C=O) groups excluding carboxylic acids is 2. The Hall–Kier alpha value is -2.14. The molecule has 0 saturated carbocycles. The van der Waals surface area contributed by atoms with E-state index in [-0.39, 0.29) is 5.91 Å². The number of para-hydroxylation sites is 1. The highest BCUT2D eigenvalue weighted by atomic mass is 32.1. The van der Waals surface area contributed by atoms with Gasteiger partial charge in [0.2, 0.25) is 0 Å². The van der Waals surface area contributed by atoms with Crippen molar-refractivity contribution in [1.82, 2.24) is 0 Å². The largest absolute Gasteiger partial charge is 0.448 e. The van der Waals surface area contributed by atoms with Crippen molar-refractivity contribution < 1.29 is 14.3 Å². The molecule has 23 heavy (non-hydrogen) atoms. The van der Waals surface area contributed by atoms with E-state index in [0.29, 0.717) is 10.8 Å². The molecule has 1 N–H and O–H groups in total. The first-order valence-electron chi connectivity index (χ1n) is 7.67. The molecule has 5 heteroatoms. The molecule has 0 saturated heterocycles. The average Bonchev–Trinajstić information content (AvgIpc) is 3.09. The molecule has 4 nitrogen and oxygen atoms in total. The maximum absolute atomic E-state index is 12.3. The van der Waals surface area contributed by atoms with E-state index < -0.39 is 12.1 Å². The van der Waals surface area contributed by atoms with Gasteiger partial charge in [-0.3, -0.25) is 4.79 Å². The number of thiophene rings is 1. The molecule has 2 atom stereocenters. The standard InChI is InChI=1S/C18H21NO3S/c1-4-12(2)14-8-5-6-9-15(14)19-17(20)13(3)22-18(21)16-10-7-11-23-16/h5-13H,4H2,1-3H3,(H,19,20)/t12-,13-/m0/s1. The molecule has 1 heterocycles. The van der Waals surface area contributed by atoms with Crippen LogP contribution in [0.1, 0.15) is 48.3 Å². The summed E-state index contributed by atoms with van der Waals surface area (Å²) in [4.78, 5) is 24.7. The molecule has 2 aromatic rings. The van der Waals surface area contributed by atoms with E-state index in [0.717, 1.165) is 17.7 Å². The van der Waals surface area contributed by atoms with Crippen LogP contribution in [-0.4, -0.2) is 18.0 Å². The van der Waals surface area contributed by atoms with Crippen LogP contribution in [0.3, 0.4) is 0 Å². The lowest BCUT2D eigenvalue weighted by Crippen LogP contribution is -2.30.